The van der Waals surface area contributed by atoms with Crippen molar-refractivity contribution in [3.63, 3.8) is 0 Å². The Balaban J connectivity index is 2.79. The van der Waals surface area contributed by atoms with Gasteiger partial charge in [0.1, 0.15) is 11.5 Å². The normalized spacial score (nSPS) is 13.0. The maximum atomic E-state index is 12.5. The molecule has 0 radical (unpaired) electrons. The number of hydrogen-bond donors (Lipinski definition) is 1. The molecule has 0 aliphatic heterocycles. The van der Waals surface area contributed by atoms with Gasteiger partial charge in [-0.05, 0) is 33.1 Å². The summed E-state index contributed by atoms with van der Waals surface area (Å²) in [4.78, 5) is 36.5. The smallest absolute Gasteiger partial charge is 0.396 e. The number of rotatable bonds is 6. The summed E-state index contributed by atoms with van der Waals surface area (Å²) in [6.07, 6.45) is 0. The summed E-state index contributed by atoms with van der Waals surface area (Å²) in [5.41, 5.74) is -1.36. The van der Waals surface area contributed by atoms with Crippen LogP contribution in [0.2, 0.25) is 0 Å². The van der Waals surface area contributed by atoms with Gasteiger partial charge in [0, 0.05) is 0 Å². The first-order chi connectivity index (χ1) is 11.8. The fraction of sp³-hybridized carbons (Fsp3) is 0.706. The van der Waals surface area contributed by atoms with Crippen molar-refractivity contribution in [1.82, 2.24) is 15.5 Å². The zero-order chi connectivity index (χ0) is 20.1. The molecule has 0 bridgehead atoms. The molecule has 9 heteroatoms. The Morgan fingerprint density at radius 3 is 2.23 bits per heavy atom. The fourth-order valence-electron chi connectivity index (χ4n) is 2.08. The maximum Gasteiger partial charge on any atom is 0.396 e. The van der Waals surface area contributed by atoms with E-state index < -0.39 is 34.8 Å². The van der Waals surface area contributed by atoms with E-state index in [0.29, 0.717) is 0 Å². The number of nitrogens with one attached hydrogen (secondary N) is 1. The number of carbonyl (C=O) groups excluding carboxylic acids is 3. The molecule has 1 unspecified atom stereocenters. The van der Waals surface area contributed by atoms with E-state index in [0.717, 1.165) is 0 Å². The lowest BCUT2D eigenvalue weighted by Gasteiger charge is -2.30. The molecule has 1 heterocycles. The van der Waals surface area contributed by atoms with E-state index in [1.807, 2.05) is 0 Å². The van der Waals surface area contributed by atoms with Crippen LogP contribution in [-0.2, 0) is 25.6 Å². The highest BCUT2D eigenvalue weighted by atomic mass is 16.6. The topological polar surface area (TPSA) is 121 Å². The van der Waals surface area contributed by atoms with Crippen molar-refractivity contribution in [3.05, 3.63) is 11.8 Å². The Kier molecular flexibility index (Phi) is 6.88. The van der Waals surface area contributed by atoms with Crippen LogP contribution in [0.3, 0.4) is 0 Å². The summed E-state index contributed by atoms with van der Waals surface area (Å²) < 4.78 is 15.2. The first-order valence-corrected chi connectivity index (χ1v) is 8.35. The van der Waals surface area contributed by atoms with Crippen LogP contribution >= 0.6 is 0 Å². The second-order valence-corrected chi connectivity index (χ2v) is 7.77. The van der Waals surface area contributed by atoms with Gasteiger partial charge in [-0.3, -0.25) is 9.59 Å². The highest BCUT2D eigenvalue weighted by molar-refractivity contribution is 5.98. The largest absolute Gasteiger partial charge is 0.459 e. The second kappa shape index (κ2) is 8.29. The molecule has 0 saturated heterocycles. The molecule has 0 aromatic carbocycles. The maximum absolute atomic E-state index is 12.5. The summed E-state index contributed by atoms with van der Waals surface area (Å²) >= 11 is 0. The van der Waals surface area contributed by atoms with Crippen LogP contribution in [-0.4, -0.2) is 40.3 Å². The Morgan fingerprint density at radius 2 is 1.73 bits per heavy atom. The monoisotopic (exact) mass is 369 g/mol. The molecule has 1 amide bonds. The minimum absolute atomic E-state index is 0.0262. The van der Waals surface area contributed by atoms with Gasteiger partial charge in [0.2, 0.25) is 11.8 Å². The number of carbonyl (C=O) groups is 3. The zero-order valence-corrected chi connectivity index (χ0v) is 16.3. The molecule has 0 spiro atoms. The SMILES string of the molecule is CCOC(=O)c1nnc(CNC(=O)C(C(=O)OC(C)(C)C)C(C)(C)C)o1. The van der Waals surface area contributed by atoms with Crippen LogP contribution < -0.4 is 5.32 Å². The van der Waals surface area contributed by atoms with Crippen LogP contribution in [0.1, 0.15) is 65.0 Å². The standard InChI is InChI=1S/C17H27N3O6/c1-8-24-15(23)13-20-19-10(25-13)9-18-12(21)11(16(2,3)4)14(22)26-17(5,6)7/h11H,8-9H2,1-7H3,(H,18,21). The van der Waals surface area contributed by atoms with Crippen molar-refractivity contribution < 1.29 is 28.3 Å². The van der Waals surface area contributed by atoms with Crippen LogP contribution in [0, 0.1) is 11.3 Å². The Labute approximate surface area is 152 Å². The van der Waals surface area contributed by atoms with Gasteiger partial charge in [-0.1, -0.05) is 20.8 Å². The lowest BCUT2D eigenvalue weighted by Crippen LogP contribution is -2.45. The number of hydrogen-bond acceptors (Lipinski definition) is 8. The highest BCUT2D eigenvalue weighted by Crippen LogP contribution is 2.29. The van der Waals surface area contributed by atoms with Gasteiger partial charge in [-0.25, -0.2) is 4.79 Å². The molecule has 0 fully saturated rings. The molecule has 146 valence electrons. The average Bonchev–Trinajstić information content (AvgIpc) is 2.90. The molecule has 0 saturated carbocycles. The number of nitrogens with zero attached hydrogens (tertiary/aromatic N) is 2. The van der Waals surface area contributed by atoms with Gasteiger partial charge in [-0.15, -0.1) is 10.2 Å². The zero-order valence-electron chi connectivity index (χ0n) is 16.3. The van der Waals surface area contributed by atoms with Crippen LogP contribution in [0.5, 0.6) is 0 Å². The molecule has 0 aliphatic rings. The molecular formula is C17H27N3O6. The van der Waals surface area contributed by atoms with Crippen LogP contribution in [0.25, 0.3) is 0 Å². The molecule has 1 aromatic heterocycles. The minimum atomic E-state index is -1.02. The summed E-state index contributed by atoms with van der Waals surface area (Å²) in [6.45, 7) is 12.2. The lowest BCUT2D eigenvalue weighted by molar-refractivity contribution is -0.166. The van der Waals surface area contributed by atoms with Gasteiger partial charge in [0.25, 0.3) is 0 Å². The summed E-state index contributed by atoms with van der Waals surface area (Å²) in [7, 11) is 0. The molecule has 0 aliphatic carbocycles. The molecule has 9 nitrogen and oxygen atoms in total. The van der Waals surface area contributed by atoms with E-state index in [1.165, 1.54) is 0 Å². The predicted molar refractivity (Wildman–Crippen MR) is 90.9 cm³/mol. The van der Waals surface area contributed by atoms with E-state index in [4.69, 9.17) is 13.9 Å². The Hall–Kier alpha value is -2.45. The van der Waals surface area contributed by atoms with Crippen molar-refractivity contribution in [2.75, 3.05) is 6.61 Å². The van der Waals surface area contributed by atoms with Gasteiger partial charge in [0.05, 0.1) is 13.2 Å². The number of amides is 1. The van der Waals surface area contributed by atoms with Crippen molar-refractivity contribution in [2.24, 2.45) is 11.3 Å². The average molecular weight is 369 g/mol. The van der Waals surface area contributed by atoms with Crippen molar-refractivity contribution in [3.8, 4) is 0 Å². The first kappa shape index (κ1) is 21.6. The van der Waals surface area contributed by atoms with Crippen LogP contribution in [0.15, 0.2) is 4.42 Å². The third kappa shape index (κ3) is 6.45. The summed E-state index contributed by atoms with van der Waals surface area (Å²) in [5.74, 6) is -3.16. The molecule has 1 aromatic rings. The van der Waals surface area contributed by atoms with E-state index in [1.54, 1.807) is 48.5 Å². The van der Waals surface area contributed by atoms with Crippen LogP contribution in [0.4, 0.5) is 0 Å². The quantitative estimate of drug-likeness (QED) is 0.596. The van der Waals surface area contributed by atoms with Gasteiger partial charge < -0.3 is 19.2 Å². The van der Waals surface area contributed by atoms with E-state index in [-0.39, 0.29) is 24.9 Å². The summed E-state index contributed by atoms with van der Waals surface area (Å²) in [6, 6.07) is 0. The predicted octanol–water partition coefficient (Wildman–Crippen LogP) is 1.87. The molecule has 1 atom stereocenters. The van der Waals surface area contributed by atoms with Crippen molar-refractivity contribution >= 4 is 17.8 Å². The Bertz CT molecular complexity index is 654. The summed E-state index contributed by atoms with van der Waals surface area (Å²) in [5, 5.41) is 9.79. The third-order valence-electron chi connectivity index (χ3n) is 3.10. The van der Waals surface area contributed by atoms with Crippen molar-refractivity contribution in [2.45, 2.75) is 60.6 Å². The van der Waals surface area contributed by atoms with E-state index in [2.05, 4.69) is 15.5 Å². The third-order valence-corrected chi connectivity index (χ3v) is 3.10. The second-order valence-electron chi connectivity index (χ2n) is 7.77. The first-order valence-electron chi connectivity index (χ1n) is 8.35. The molecular weight excluding hydrogens is 342 g/mol. The van der Waals surface area contributed by atoms with Gasteiger partial charge in [0.15, 0.2) is 0 Å². The van der Waals surface area contributed by atoms with E-state index in [9.17, 15) is 14.4 Å². The van der Waals surface area contributed by atoms with Gasteiger partial charge >= 0.3 is 17.8 Å². The molecule has 1 N–H and O–H groups in total. The number of aromatic nitrogens is 2. The Morgan fingerprint density at radius 1 is 1.12 bits per heavy atom. The highest BCUT2D eigenvalue weighted by Gasteiger charge is 2.40. The minimum Gasteiger partial charge on any atom is -0.459 e. The molecule has 1 rings (SSSR count). The van der Waals surface area contributed by atoms with Gasteiger partial charge in [-0.2, -0.15) is 0 Å². The fourth-order valence-corrected chi connectivity index (χ4v) is 2.08. The van der Waals surface area contributed by atoms with E-state index >= 15 is 0 Å². The number of esters is 2. The molecule has 26 heavy (non-hydrogen) atoms. The lowest BCUT2D eigenvalue weighted by atomic mass is 9.80. The number of ether oxygens (including phenoxy) is 2. The van der Waals surface area contributed by atoms with Crippen molar-refractivity contribution in [1.29, 1.82) is 0 Å².